The minimum Gasteiger partial charge on any atom is -0.0710 e. The van der Waals surface area contributed by atoms with Gasteiger partial charge in [0, 0.05) is 0 Å². The molecule has 0 N–H and O–H groups in total. The molecule has 8 rings (SSSR count). The maximum atomic E-state index is 1.64. The van der Waals surface area contributed by atoms with Crippen molar-refractivity contribution >= 4 is 13.4 Å². The summed E-state index contributed by atoms with van der Waals surface area (Å²) < 4.78 is 0. The van der Waals surface area contributed by atoms with E-state index in [1.165, 1.54) is 60.6 Å². The highest BCUT2D eigenvalue weighted by molar-refractivity contribution is 6.62. The second-order valence-corrected chi connectivity index (χ2v) is 10.8. The smallest absolute Gasteiger partial charge is 0.0710 e. The topological polar surface area (TPSA) is 0 Å². The van der Waals surface area contributed by atoms with Crippen molar-refractivity contribution in [2.75, 3.05) is 0 Å². The molecular formula is C20H32B2. The lowest BCUT2D eigenvalue weighted by atomic mass is 9.21. The van der Waals surface area contributed by atoms with Crippen molar-refractivity contribution in [2.24, 2.45) is 35.5 Å². The van der Waals surface area contributed by atoms with Crippen molar-refractivity contribution in [3.63, 3.8) is 0 Å². The number of hydrogen-bond acceptors (Lipinski definition) is 0. The molecule has 22 heavy (non-hydrogen) atoms. The normalized spacial score (nSPS) is 54.5. The number of hydrogen-bond donors (Lipinski definition) is 0. The maximum absolute atomic E-state index is 1.64. The Labute approximate surface area is 137 Å². The van der Waals surface area contributed by atoms with E-state index in [1.807, 2.05) is 0 Å². The molecule has 8 atom stereocenters. The van der Waals surface area contributed by atoms with Crippen LogP contribution in [0.3, 0.4) is 0 Å². The fourth-order valence-electron chi connectivity index (χ4n) is 9.40. The average molecular weight is 294 g/mol. The van der Waals surface area contributed by atoms with Crippen LogP contribution in [0.25, 0.3) is 0 Å². The molecule has 8 bridgehead atoms. The quantitative estimate of drug-likeness (QED) is 0.593. The summed E-state index contributed by atoms with van der Waals surface area (Å²) in [4.78, 5) is 0. The molecule has 8 fully saturated rings. The van der Waals surface area contributed by atoms with E-state index in [4.69, 9.17) is 0 Å². The van der Waals surface area contributed by atoms with Crippen molar-refractivity contribution in [1.82, 2.24) is 0 Å². The summed E-state index contributed by atoms with van der Waals surface area (Å²) in [5.74, 6) is 9.36. The van der Waals surface area contributed by atoms with E-state index in [-0.39, 0.29) is 0 Å². The van der Waals surface area contributed by atoms with E-state index in [1.54, 1.807) is 76.6 Å². The lowest BCUT2D eigenvalue weighted by molar-refractivity contribution is 0.146. The SMILES string of the molecule is C1B2C[C@H]3CC(C[C@@H]1C3)[C@@H]2CC[C@@H]1B2C[C@@H]3CC1C[C@H](C2)C3. The Bertz CT molecular complexity index is 361. The lowest BCUT2D eigenvalue weighted by Crippen LogP contribution is -2.49. The van der Waals surface area contributed by atoms with Crippen LogP contribution in [0.5, 0.6) is 0 Å². The molecule has 0 radical (unpaired) electrons. The Hall–Kier alpha value is 0.130. The highest BCUT2D eigenvalue weighted by Gasteiger charge is 2.52. The van der Waals surface area contributed by atoms with Crippen LogP contribution in [0.4, 0.5) is 0 Å². The van der Waals surface area contributed by atoms with Crippen LogP contribution in [-0.4, -0.2) is 13.4 Å². The molecule has 0 spiro atoms. The molecule has 0 amide bonds. The van der Waals surface area contributed by atoms with Crippen LogP contribution in [0.15, 0.2) is 0 Å². The molecule has 6 aliphatic heterocycles. The molecule has 2 aliphatic carbocycles. The first-order chi connectivity index (χ1) is 10.8. The van der Waals surface area contributed by atoms with Crippen LogP contribution in [0, 0.1) is 35.5 Å². The first kappa shape index (κ1) is 13.4. The van der Waals surface area contributed by atoms with Crippen LogP contribution in [0.2, 0.25) is 36.9 Å². The molecule has 2 saturated carbocycles. The van der Waals surface area contributed by atoms with Gasteiger partial charge in [-0.2, -0.15) is 0 Å². The molecule has 2 unspecified atom stereocenters. The first-order valence-electron chi connectivity index (χ1n) is 10.8. The van der Waals surface area contributed by atoms with Crippen molar-refractivity contribution in [1.29, 1.82) is 0 Å². The largest absolute Gasteiger partial charge is 0.143 e. The van der Waals surface area contributed by atoms with Gasteiger partial charge in [0.05, 0.1) is 0 Å². The molecule has 6 saturated heterocycles. The van der Waals surface area contributed by atoms with E-state index < -0.39 is 0 Å². The summed E-state index contributed by atoms with van der Waals surface area (Å²) in [6.45, 7) is 2.35. The Kier molecular flexibility index (Phi) is 2.94. The van der Waals surface area contributed by atoms with Gasteiger partial charge in [0.1, 0.15) is 13.4 Å². The van der Waals surface area contributed by atoms with E-state index >= 15 is 0 Å². The maximum Gasteiger partial charge on any atom is 0.143 e. The predicted octanol–water partition coefficient (Wildman–Crippen LogP) is 5.62. The second-order valence-electron chi connectivity index (χ2n) is 10.8. The van der Waals surface area contributed by atoms with Crippen LogP contribution in [-0.2, 0) is 0 Å². The fourth-order valence-corrected chi connectivity index (χ4v) is 9.40. The van der Waals surface area contributed by atoms with Gasteiger partial charge < -0.3 is 0 Å². The molecule has 8 aliphatic rings. The third-order valence-electron chi connectivity index (χ3n) is 9.68. The van der Waals surface area contributed by atoms with E-state index in [0.29, 0.717) is 0 Å². The zero-order valence-electron chi connectivity index (χ0n) is 14.3. The van der Waals surface area contributed by atoms with Gasteiger partial charge in [-0.3, -0.25) is 0 Å². The van der Waals surface area contributed by atoms with Gasteiger partial charge in [-0.05, 0) is 74.0 Å². The summed E-state index contributed by atoms with van der Waals surface area (Å²) >= 11 is 0. The second kappa shape index (κ2) is 4.82. The predicted molar refractivity (Wildman–Crippen MR) is 96.1 cm³/mol. The lowest BCUT2D eigenvalue weighted by Gasteiger charge is -2.55. The molecule has 2 heteroatoms. The minimum atomic E-state index is 1.17. The summed E-state index contributed by atoms with van der Waals surface area (Å²) in [6.07, 6.45) is 19.6. The molecule has 0 aromatic heterocycles. The van der Waals surface area contributed by atoms with Crippen LogP contribution >= 0.6 is 0 Å². The number of rotatable bonds is 3. The Morgan fingerprint density at radius 2 is 0.864 bits per heavy atom. The van der Waals surface area contributed by atoms with Gasteiger partial charge in [-0.1, -0.05) is 49.8 Å². The van der Waals surface area contributed by atoms with Crippen molar-refractivity contribution in [3.8, 4) is 0 Å². The van der Waals surface area contributed by atoms with Gasteiger partial charge in [-0.15, -0.1) is 0 Å². The highest BCUT2D eigenvalue weighted by Crippen LogP contribution is 2.60. The van der Waals surface area contributed by atoms with Crippen LogP contribution in [0.1, 0.15) is 51.4 Å². The standard InChI is InChI=1S/C20H32B2/c1(19-17-5-13-3-14(6-17)10-21(19)9-13)2-20-18-7-15-4-16(8-18)12-22(20)11-15/h13-20H,1-12H2/t13-,14+,15-,16+,17?,18?,19-,20-/m0/s1. The third-order valence-corrected chi connectivity index (χ3v) is 9.68. The summed E-state index contributed by atoms with van der Waals surface area (Å²) in [7, 11) is 0. The third kappa shape index (κ3) is 1.97. The molecular weight excluding hydrogens is 262 g/mol. The summed E-state index contributed by atoms with van der Waals surface area (Å²) in [5.41, 5.74) is 0. The average Bonchev–Trinajstić information content (AvgIpc) is 2.47. The highest BCUT2D eigenvalue weighted by atomic mass is 14.5. The van der Waals surface area contributed by atoms with Gasteiger partial charge in [-0.25, -0.2) is 0 Å². The monoisotopic (exact) mass is 294 g/mol. The van der Waals surface area contributed by atoms with Gasteiger partial charge in [0.25, 0.3) is 0 Å². The molecule has 6 heterocycles. The van der Waals surface area contributed by atoms with Crippen molar-refractivity contribution in [3.05, 3.63) is 0 Å². The molecule has 0 nitrogen and oxygen atoms in total. The van der Waals surface area contributed by atoms with Crippen molar-refractivity contribution in [2.45, 2.75) is 88.3 Å². The fraction of sp³-hybridized carbons (Fsp3) is 1.00. The van der Waals surface area contributed by atoms with Gasteiger partial charge in [0.15, 0.2) is 0 Å². The van der Waals surface area contributed by atoms with Gasteiger partial charge in [0.2, 0.25) is 0 Å². The molecule has 118 valence electrons. The summed E-state index contributed by atoms with van der Waals surface area (Å²) in [6, 6.07) is 0. The van der Waals surface area contributed by atoms with E-state index in [0.717, 1.165) is 0 Å². The summed E-state index contributed by atoms with van der Waals surface area (Å²) in [5, 5.41) is 0. The van der Waals surface area contributed by atoms with E-state index in [9.17, 15) is 0 Å². The molecule has 0 aromatic carbocycles. The zero-order chi connectivity index (χ0) is 14.3. The Morgan fingerprint density at radius 3 is 1.18 bits per heavy atom. The van der Waals surface area contributed by atoms with Gasteiger partial charge >= 0.3 is 0 Å². The first-order valence-corrected chi connectivity index (χ1v) is 10.8. The Morgan fingerprint density at radius 1 is 0.500 bits per heavy atom. The zero-order valence-corrected chi connectivity index (χ0v) is 14.3. The minimum absolute atomic E-state index is 1.17. The van der Waals surface area contributed by atoms with Crippen molar-refractivity contribution < 1.29 is 0 Å². The molecule has 0 aromatic rings. The Balaban J connectivity index is 1.14. The van der Waals surface area contributed by atoms with Crippen LogP contribution < -0.4 is 0 Å². The van der Waals surface area contributed by atoms with E-state index in [2.05, 4.69) is 0 Å².